The zero-order chi connectivity index (χ0) is 19.9. The van der Waals surface area contributed by atoms with E-state index in [2.05, 4.69) is 32.9 Å². The quantitative estimate of drug-likeness (QED) is 0.526. The molecule has 0 bridgehead atoms. The number of aliphatic imine (C=N–C) groups is 1. The Kier molecular flexibility index (Phi) is 7.36. The van der Waals surface area contributed by atoms with E-state index in [4.69, 9.17) is 0 Å². The van der Waals surface area contributed by atoms with E-state index in [9.17, 15) is 4.79 Å². The van der Waals surface area contributed by atoms with Crippen LogP contribution in [0.1, 0.15) is 46.6 Å². The summed E-state index contributed by atoms with van der Waals surface area (Å²) in [6.45, 7) is 9.33. The average molecular weight is 388 g/mol. The van der Waals surface area contributed by atoms with Crippen molar-refractivity contribution in [2.45, 2.75) is 46.2 Å². The number of thiazole rings is 1. The lowest BCUT2D eigenvalue weighted by Crippen LogP contribution is -2.40. The molecule has 0 aliphatic rings. The topological polar surface area (TPSA) is 78.4 Å². The number of aromatic nitrogens is 1. The molecule has 0 radical (unpaired) electrons. The van der Waals surface area contributed by atoms with Crippen LogP contribution in [-0.4, -0.2) is 36.0 Å². The SMILES string of the molecule is CN=C(NCCc1ncc(C)s1)NCc1cccc(C(=O)NC(C)(C)C)c1. The molecule has 0 aliphatic carbocycles. The maximum absolute atomic E-state index is 12.3. The summed E-state index contributed by atoms with van der Waals surface area (Å²) in [6.07, 6.45) is 2.76. The summed E-state index contributed by atoms with van der Waals surface area (Å²) >= 11 is 1.72. The number of hydrogen-bond donors (Lipinski definition) is 3. The molecular weight excluding hydrogens is 358 g/mol. The van der Waals surface area contributed by atoms with Gasteiger partial charge in [-0.2, -0.15) is 0 Å². The second-order valence-electron chi connectivity index (χ2n) is 7.37. The first kappa shape index (κ1) is 20.9. The number of guanidine groups is 1. The fourth-order valence-corrected chi connectivity index (χ4v) is 3.23. The molecule has 1 aromatic heterocycles. The largest absolute Gasteiger partial charge is 0.356 e. The van der Waals surface area contributed by atoms with Crippen LogP contribution >= 0.6 is 11.3 Å². The van der Waals surface area contributed by atoms with Gasteiger partial charge in [0.1, 0.15) is 0 Å². The second-order valence-corrected chi connectivity index (χ2v) is 8.69. The number of benzene rings is 1. The van der Waals surface area contributed by atoms with Gasteiger partial charge in [-0.1, -0.05) is 12.1 Å². The van der Waals surface area contributed by atoms with Crippen LogP contribution in [0.25, 0.3) is 0 Å². The Labute approximate surface area is 165 Å². The molecule has 0 unspecified atom stereocenters. The van der Waals surface area contributed by atoms with Crippen LogP contribution in [0.4, 0.5) is 0 Å². The highest BCUT2D eigenvalue weighted by Crippen LogP contribution is 2.11. The van der Waals surface area contributed by atoms with Crippen molar-refractivity contribution in [2.24, 2.45) is 4.99 Å². The minimum Gasteiger partial charge on any atom is -0.356 e. The molecule has 27 heavy (non-hydrogen) atoms. The van der Waals surface area contributed by atoms with E-state index in [1.807, 2.05) is 51.2 Å². The number of carbonyl (C=O) groups is 1. The number of aryl methyl sites for hydroxylation is 1. The van der Waals surface area contributed by atoms with Gasteiger partial charge in [0, 0.05) is 48.7 Å². The van der Waals surface area contributed by atoms with E-state index >= 15 is 0 Å². The van der Waals surface area contributed by atoms with Crippen LogP contribution in [0.2, 0.25) is 0 Å². The third-order valence-corrected chi connectivity index (χ3v) is 4.63. The second kappa shape index (κ2) is 9.50. The minimum atomic E-state index is -0.257. The van der Waals surface area contributed by atoms with Gasteiger partial charge in [0.15, 0.2) is 5.96 Å². The molecule has 1 aromatic carbocycles. The lowest BCUT2D eigenvalue weighted by Gasteiger charge is -2.20. The zero-order valence-corrected chi connectivity index (χ0v) is 17.5. The minimum absolute atomic E-state index is 0.0643. The van der Waals surface area contributed by atoms with Crippen LogP contribution < -0.4 is 16.0 Å². The molecule has 7 heteroatoms. The molecule has 2 aromatic rings. The van der Waals surface area contributed by atoms with Crippen molar-refractivity contribution in [3.05, 3.63) is 51.5 Å². The van der Waals surface area contributed by atoms with Gasteiger partial charge >= 0.3 is 0 Å². The summed E-state index contributed by atoms with van der Waals surface area (Å²) in [4.78, 5) is 22.1. The number of nitrogens with zero attached hydrogens (tertiary/aromatic N) is 2. The highest BCUT2D eigenvalue weighted by atomic mass is 32.1. The van der Waals surface area contributed by atoms with E-state index < -0.39 is 0 Å². The molecule has 1 amide bonds. The third-order valence-electron chi connectivity index (χ3n) is 3.66. The summed E-state index contributed by atoms with van der Waals surface area (Å²) in [7, 11) is 1.75. The van der Waals surface area contributed by atoms with E-state index in [0.717, 1.165) is 29.5 Å². The van der Waals surface area contributed by atoms with Crippen LogP contribution in [0.3, 0.4) is 0 Å². The highest BCUT2D eigenvalue weighted by molar-refractivity contribution is 7.11. The maximum Gasteiger partial charge on any atom is 0.251 e. The Hall–Kier alpha value is -2.41. The first-order chi connectivity index (χ1) is 12.8. The third kappa shape index (κ3) is 7.38. The Balaban J connectivity index is 1.85. The number of rotatable bonds is 6. The molecule has 6 nitrogen and oxygen atoms in total. The monoisotopic (exact) mass is 387 g/mol. The number of carbonyl (C=O) groups excluding carboxylic acids is 1. The molecule has 0 spiro atoms. The summed E-state index contributed by atoms with van der Waals surface area (Å²) < 4.78 is 0. The van der Waals surface area contributed by atoms with Gasteiger partial charge in [0.25, 0.3) is 5.91 Å². The molecule has 2 rings (SSSR count). The molecular formula is C20H29N5OS. The van der Waals surface area contributed by atoms with Crippen molar-refractivity contribution < 1.29 is 4.79 Å². The smallest absolute Gasteiger partial charge is 0.251 e. The van der Waals surface area contributed by atoms with Gasteiger partial charge in [-0.3, -0.25) is 9.79 Å². The van der Waals surface area contributed by atoms with Gasteiger partial charge in [0.05, 0.1) is 5.01 Å². The predicted octanol–water partition coefficient (Wildman–Crippen LogP) is 2.89. The maximum atomic E-state index is 12.3. The summed E-state index contributed by atoms with van der Waals surface area (Å²) in [5.41, 5.74) is 1.43. The summed E-state index contributed by atoms with van der Waals surface area (Å²) in [5.74, 6) is 0.665. The van der Waals surface area contributed by atoms with Gasteiger partial charge in [-0.25, -0.2) is 4.98 Å². The number of hydrogen-bond acceptors (Lipinski definition) is 4. The Bertz CT molecular complexity index is 792. The lowest BCUT2D eigenvalue weighted by molar-refractivity contribution is 0.0919. The Morgan fingerprint density at radius 1 is 1.26 bits per heavy atom. The summed E-state index contributed by atoms with van der Waals surface area (Å²) in [5, 5.41) is 10.7. The van der Waals surface area contributed by atoms with Crippen LogP contribution in [0.15, 0.2) is 35.5 Å². The van der Waals surface area contributed by atoms with Crippen molar-refractivity contribution in [3.63, 3.8) is 0 Å². The summed E-state index contributed by atoms with van der Waals surface area (Å²) in [6, 6.07) is 7.62. The van der Waals surface area contributed by atoms with E-state index in [1.165, 1.54) is 4.88 Å². The zero-order valence-electron chi connectivity index (χ0n) is 16.7. The molecule has 1 heterocycles. The molecule has 0 saturated heterocycles. The predicted molar refractivity (Wildman–Crippen MR) is 112 cm³/mol. The van der Waals surface area contributed by atoms with E-state index in [1.54, 1.807) is 18.4 Å². The fraction of sp³-hybridized carbons (Fsp3) is 0.450. The molecule has 0 saturated carbocycles. The van der Waals surface area contributed by atoms with E-state index in [-0.39, 0.29) is 11.4 Å². The van der Waals surface area contributed by atoms with E-state index in [0.29, 0.717) is 12.1 Å². The van der Waals surface area contributed by atoms with Crippen molar-refractivity contribution in [3.8, 4) is 0 Å². The Morgan fingerprint density at radius 3 is 2.67 bits per heavy atom. The Morgan fingerprint density at radius 2 is 2.04 bits per heavy atom. The van der Waals surface area contributed by atoms with Crippen molar-refractivity contribution in [1.82, 2.24) is 20.9 Å². The molecule has 3 N–H and O–H groups in total. The fourth-order valence-electron chi connectivity index (χ4n) is 2.45. The normalized spacial score (nSPS) is 12.0. The molecule has 0 aliphatic heterocycles. The van der Waals surface area contributed by atoms with Crippen LogP contribution in [0, 0.1) is 6.92 Å². The highest BCUT2D eigenvalue weighted by Gasteiger charge is 2.15. The van der Waals surface area contributed by atoms with Crippen LogP contribution in [0.5, 0.6) is 0 Å². The van der Waals surface area contributed by atoms with Gasteiger partial charge in [-0.05, 0) is 45.4 Å². The number of amides is 1. The van der Waals surface area contributed by atoms with Gasteiger partial charge in [0.2, 0.25) is 0 Å². The van der Waals surface area contributed by atoms with Crippen molar-refractivity contribution >= 4 is 23.2 Å². The van der Waals surface area contributed by atoms with Crippen molar-refractivity contribution in [1.29, 1.82) is 0 Å². The van der Waals surface area contributed by atoms with Gasteiger partial charge in [-0.15, -0.1) is 11.3 Å². The lowest BCUT2D eigenvalue weighted by atomic mass is 10.1. The molecule has 0 atom stereocenters. The standard InChI is InChI=1S/C20H29N5OS/c1-14-12-23-17(27-14)9-10-22-19(21-5)24-13-15-7-6-8-16(11-15)18(26)25-20(2,3)4/h6-8,11-12H,9-10,13H2,1-5H3,(H,25,26)(H2,21,22,24). The number of nitrogens with one attached hydrogen (secondary N) is 3. The molecule has 0 fully saturated rings. The first-order valence-corrected chi connectivity index (χ1v) is 9.86. The van der Waals surface area contributed by atoms with Gasteiger partial charge < -0.3 is 16.0 Å². The average Bonchev–Trinajstić information content (AvgIpc) is 3.02. The van der Waals surface area contributed by atoms with Crippen molar-refractivity contribution in [2.75, 3.05) is 13.6 Å². The first-order valence-electron chi connectivity index (χ1n) is 9.04. The van der Waals surface area contributed by atoms with Crippen LogP contribution in [-0.2, 0) is 13.0 Å². The molecule has 146 valence electrons.